The lowest BCUT2D eigenvalue weighted by Gasteiger charge is -2.29. The van der Waals surface area contributed by atoms with Gasteiger partial charge in [-0.15, -0.1) is 0 Å². The zero-order valence-electron chi connectivity index (χ0n) is 16.4. The van der Waals surface area contributed by atoms with Crippen LogP contribution in [0.25, 0.3) is 0 Å². The first-order valence-electron chi connectivity index (χ1n) is 9.75. The molecule has 1 aliphatic rings. The van der Waals surface area contributed by atoms with Crippen molar-refractivity contribution in [2.45, 2.75) is 20.0 Å². The predicted octanol–water partition coefficient (Wildman–Crippen LogP) is -0.397. The molecule has 5 nitrogen and oxygen atoms in total. The van der Waals surface area contributed by atoms with Gasteiger partial charge in [0.2, 0.25) is 0 Å². The molecular weight excluding hydrogens is 338 g/mol. The first-order chi connectivity index (χ1) is 13.1. The third kappa shape index (κ3) is 5.81. The van der Waals surface area contributed by atoms with E-state index in [0.717, 1.165) is 44.0 Å². The van der Waals surface area contributed by atoms with Crippen LogP contribution in [0.15, 0.2) is 48.5 Å². The summed E-state index contributed by atoms with van der Waals surface area (Å²) in [6, 6.07) is 16.4. The van der Waals surface area contributed by atoms with Crippen LogP contribution < -0.4 is 19.9 Å². The normalized spacial score (nSPS) is 19.5. The predicted molar refractivity (Wildman–Crippen MR) is 106 cm³/mol. The summed E-state index contributed by atoms with van der Waals surface area (Å²) in [4.78, 5) is 15.3. The number of nitrogens with one attached hydrogen (secondary N) is 3. The van der Waals surface area contributed by atoms with Crippen LogP contribution in [0.4, 0.5) is 0 Å². The van der Waals surface area contributed by atoms with E-state index in [9.17, 15) is 4.79 Å². The molecule has 0 saturated carbocycles. The lowest BCUT2D eigenvalue weighted by Crippen LogP contribution is -3.28. The van der Waals surface area contributed by atoms with Gasteiger partial charge in [0.15, 0.2) is 6.54 Å². The molecule has 144 valence electrons. The molecule has 1 saturated heterocycles. The van der Waals surface area contributed by atoms with E-state index in [0.29, 0.717) is 13.1 Å². The first kappa shape index (κ1) is 19.4. The maximum absolute atomic E-state index is 12.3. The van der Waals surface area contributed by atoms with Crippen LogP contribution in [0.3, 0.4) is 0 Å². The van der Waals surface area contributed by atoms with Crippen molar-refractivity contribution in [3.05, 3.63) is 65.2 Å². The highest BCUT2D eigenvalue weighted by Gasteiger charge is 2.25. The Bertz CT molecular complexity index is 737. The Morgan fingerprint density at radius 3 is 2.33 bits per heavy atom. The van der Waals surface area contributed by atoms with Crippen LogP contribution in [0.5, 0.6) is 5.75 Å². The number of carbonyl (C=O) groups excluding carboxylic acids is 1. The second kappa shape index (κ2) is 9.53. The summed E-state index contributed by atoms with van der Waals surface area (Å²) in [7, 11) is 1.65. The second-order valence-corrected chi connectivity index (χ2v) is 7.40. The van der Waals surface area contributed by atoms with Crippen LogP contribution in [0.2, 0.25) is 0 Å². The molecule has 1 aliphatic heterocycles. The van der Waals surface area contributed by atoms with Crippen molar-refractivity contribution in [3.63, 3.8) is 0 Å². The van der Waals surface area contributed by atoms with Crippen LogP contribution in [-0.4, -0.2) is 45.7 Å². The van der Waals surface area contributed by atoms with Crippen molar-refractivity contribution in [1.82, 2.24) is 5.32 Å². The van der Waals surface area contributed by atoms with Gasteiger partial charge in [-0.25, -0.2) is 0 Å². The maximum Gasteiger partial charge on any atom is 0.275 e. The van der Waals surface area contributed by atoms with E-state index in [2.05, 4.69) is 36.5 Å². The van der Waals surface area contributed by atoms with Crippen molar-refractivity contribution in [1.29, 1.82) is 0 Å². The number of amides is 1. The smallest absolute Gasteiger partial charge is 0.275 e. The summed E-state index contributed by atoms with van der Waals surface area (Å²) in [5.74, 6) is 0.962. The number of carbonyl (C=O) groups is 1. The Labute approximate surface area is 161 Å². The minimum absolute atomic E-state index is 0.128. The molecule has 0 aromatic heterocycles. The minimum atomic E-state index is 0.128. The summed E-state index contributed by atoms with van der Waals surface area (Å²) in [5, 5.41) is 3.03. The van der Waals surface area contributed by atoms with Gasteiger partial charge < -0.3 is 19.9 Å². The number of quaternary nitrogens is 2. The highest BCUT2D eigenvalue weighted by molar-refractivity contribution is 5.76. The fraction of sp³-hybridized carbons (Fsp3) is 0.409. The van der Waals surface area contributed by atoms with Crippen molar-refractivity contribution in [2.75, 3.05) is 39.8 Å². The lowest BCUT2D eigenvalue weighted by atomic mass is 10.1. The number of aryl methyl sites for hydroxylation is 1. The molecule has 1 amide bonds. The van der Waals surface area contributed by atoms with Gasteiger partial charge in [0.1, 0.15) is 38.5 Å². The molecular formula is C22H31N3O2+2. The fourth-order valence-corrected chi connectivity index (χ4v) is 3.62. The third-order valence-electron chi connectivity index (χ3n) is 5.43. The van der Waals surface area contributed by atoms with E-state index in [1.807, 2.05) is 24.3 Å². The fourth-order valence-electron chi connectivity index (χ4n) is 3.62. The average molecular weight is 370 g/mol. The molecule has 0 unspecified atom stereocenters. The first-order valence-corrected chi connectivity index (χ1v) is 9.75. The zero-order chi connectivity index (χ0) is 19.1. The summed E-state index contributed by atoms with van der Waals surface area (Å²) >= 11 is 0. The van der Waals surface area contributed by atoms with Gasteiger partial charge in [0.25, 0.3) is 5.91 Å². The standard InChI is InChI=1S/C22H29N3O2/c1-18-5-3-4-6-20(18)16-24-11-13-25(14-12-24)17-22(26)23-15-19-7-9-21(27-2)10-8-19/h3-10H,11-17H2,1-2H3,(H,23,26)/p+2. The molecule has 2 aromatic carbocycles. The van der Waals surface area contributed by atoms with Crippen LogP contribution in [-0.2, 0) is 17.9 Å². The monoisotopic (exact) mass is 369 g/mol. The van der Waals surface area contributed by atoms with E-state index in [1.54, 1.807) is 12.0 Å². The number of hydrogen-bond donors (Lipinski definition) is 3. The highest BCUT2D eigenvalue weighted by atomic mass is 16.5. The zero-order valence-corrected chi connectivity index (χ0v) is 16.4. The number of ether oxygens (including phenoxy) is 1. The number of rotatable bonds is 7. The van der Waals surface area contributed by atoms with Gasteiger partial charge in [-0.2, -0.15) is 0 Å². The molecule has 27 heavy (non-hydrogen) atoms. The molecule has 0 radical (unpaired) electrons. The maximum atomic E-state index is 12.3. The quantitative estimate of drug-likeness (QED) is 0.622. The Morgan fingerprint density at radius 1 is 1.00 bits per heavy atom. The Kier molecular flexibility index (Phi) is 6.85. The van der Waals surface area contributed by atoms with Crippen molar-refractivity contribution < 1.29 is 19.3 Å². The van der Waals surface area contributed by atoms with Crippen molar-refractivity contribution >= 4 is 5.91 Å². The molecule has 1 heterocycles. The van der Waals surface area contributed by atoms with Gasteiger partial charge in [-0.1, -0.05) is 36.4 Å². The number of methoxy groups -OCH3 is 1. The summed E-state index contributed by atoms with van der Waals surface area (Å²) in [6.45, 7) is 8.75. The van der Waals surface area contributed by atoms with Crippen LogP contribution >= 0.6 is 0 Å². The Morgan fingerprint density at radius 2 is 1.67 bits per heavy atom. The Balaban J connectivity index is 1.38. The van der Waals surface area contributed by atoms with E-state index < -0.39 is 0 Å². The minimum Gasteiger partial charge on any atom is -0.497 e. The van der Waals surface area contributed by atoms with Gasteiger partial charge in [-0.05, 0) is 30.2 Å². The lowest BCUT2D eigenvalue weighted by molar-refractivity contribution is -1.02. The van der Waals surface area contributed by atoms with Crippen molar-refractivity contribution in [3.8, 4) is 5.75 Å². The molecule has 2 aromatic rings. The molecule has 0 spiro atoms. The van der Waals surface area contributed by atoms with Crippen molar-refractivity contribution in [2.24, 2.45) is 0 Å². The summed E-state index contributed by atoms with van der Waals surface area (Å²) in [6.07, 6.45) is 0. The number of benzene rings is 2. The van der Waals surface area contributed by atoms with Gasteiger partial charge in [0.05, 0.1) is 7.11 Å². The second-order valence-electron chi connectivity index (χ2n) is 7.40. The SMILES string of the molecule is COc1ccc(CNC(=O)C[NH+]2CC[NH+](Cc3ccccc3C)CC2)cc1. The Hall–Kier alpha value is -2.37. The summed E-state index contributed by atoms with van der Waals surface area (Å²) in [5.41, 5.74) is 3.90. The summed E-state index contributed by atoms with van der Waals surface area (Å²) < 4.78 is 5.16. The topological polar surface area (TPSA) is 47.2 Å². The molecule has 0 atom stereocenters. The van der Waals surface area contributed by atoms with Gasteiger partial charge in [0, 0.05) is 12.1 Å². The molecule has 3 N–H and O–H groups in total. The van der Waals surface area contributed by atoms with Gasteiger partial charge >= 0.3 is 0 Å². The largest absolute Gasteiger partial charge is 0.497 e. The third-order valence-corrected chi connectivity index (χ3v) is 5.43. The van der Waals surface area contributed by atoms with E-state index in [4.69, 9.17) is 4.74 Å². The molecule has 0 aliphatic carbocycles. The molecule has 0 bridgehead atoms. The molecule has 5 heteroatoms. The van der Waals surface area contributed by atoms with Crippen LogP contribution in [0, 0.1) is 6.92 Å². The van der Waals surface area contributed by atoms with E-state index in [1.165, 1.54) is 16.0 Å². The average Bonchev–Trinajstić information content (AvgIpc) is 2.70. The molecule has 1 fully saturated rings. The van der Waals surface area contributed by atoms with Gasteiger partial charge in [-0.3, -0.25) is 4.79 Å². The number of piperazine rings is 1. The number of hydrogen-bond acceptors (Lipinski definition) is 2. The molecule has 3 rings (SSSR count). The highest BCUT2D eigenvalue weighted by Crippen LogP contribution is 2.10. The van der Waals surface area contributed by atoms with E-state index >= 15 is 0 Å². The van der Waals surface area contributed by atoms with E-state index in [-0.39, 0.29) is 5.91 Å². The van der Waals surface area contributed by atoms with Crippen LogP contribution in [0.1, 0.15) is 16.7 Å².